The molecular weight excluding hydrogens is 348 g/mol. The first-order valence-corrected chi connectivity index (χ1v) is 14.0. The maximum atomic E-state index is 2.60. The summed E-state index contributed by atoms with van der Waals surface area (Å²) in [5, 5.41) is 0. The molecule has 0 amide bonds. The highest BCUT2D eigenvalue weighted by Gasteiger charge is 2.47. The molecule has 29 heavy (non-hydrogen) atoms. The number of rotatable bonds is 4. The van der Waals surface area contributed by atoms with Crippen LogP contribution in [0, 0.1) is 53.3 Å². The summed E-state index contributed by atoms with van der Waals surface area (Å²) in [4.78, 5) is 0. The predicted octanol–water partition coefficient (Wildman–Crippen LogP) is 9.52. The normalized spacial score (nSPS) is 41.0. The minimum atomic E-state index is 0.914. The lowest BCUT2D eigenvalue weighted by Crippen LogP contribution is -2.42. The molecule has 0 aromatic rings. The summed E-state index contributed by atoms with van der Waals surface area (Å²) in [6.45, 7) is 12.3. The Hall–Kier alpha value is 0. The fraction of sp³-hybridized carbons (Fsp3) is 1.00. The van der Waals surface area contributed by atoms with Crippen LogP contribution in [0.25, 0.3) is 0 Å². The minimum Gasteiger partial charge on any atom is -0.0654 e. The molecule has 0 bridgehead atoms. The second kappa shape index (κ2) is 11.6. The van der Waals surface area contributed by atoms with Crippen molar-refractivity contribution in [1.82, 2.24) is 0 Å². The Morgan fingerprint density at radius 2 is 1.41 bits per heavy atom. The zero-order chi connectivity index (χ0) is 20.8. The molecule has 4 fully saturated rings. The largest absolute Gasteiger partial charge is 0.0654 e. The second-order valence-electron chi connectivity index (χ2n) is 12.3. The maximum Gasteiger partial charge on any atom is -0.0324 e. The zero-order valence-electron chi connectivity index (χ0n) is 20.8. The summed E-state index contributed by atoms with van der Waals surface area (Å²) in [5.41, 5.74) is 0. The van der Waals surface area contributed by atoms with Gasteiger partial charge in [0.1, 0.15) is 0 Å². The fourth-order valence-corrected chi connectivity index (χ4v) is 8.23. The monoisotopic (exact) mass is 402 g/mol. The Kier molecular flexibility index (Phi) is 9.44. The average Bonchev–Trinajstić information content (AvgIpc) is 3.17. The Bertz CT molecular complexity index is 437. The molecule has 0 saturated heterocycles. The third-order valence-corrected chi connectivity index (χ3v) is 9.93. The van der Waals surface area contributed by atoms with Gasteiger partial charge in [-0.05, 0) is 91.8 Å². The van der Waals surface area contributed by atoms with E-state index in [0.29, 0.717) is 0 Å². The summed E-state index contributed by atoms with van der Waals surface area (Å²) < 4.78 is 0. The fourth-order valence-electron chi connectivity index (χ4n) is 8.23. The second-order valence-corrected chi connectivity index (χ2v) is 12.3. The van der Waals surface area contributed by atoms with E-state index < -0.39 is 0 Å². The highest BCUT2D eigenvalue weighted by molar-refractivity contribution is 4.97. The molecular formula is C29H54. The molecule has 4 aliphatic rings. The van der Waals surface area contributed by atoms with Crippen molar-refractivity contribution >= 4 is 0 Å². The molecule has 0 heterocycles. The van der Waals surface area contributed by atoms with Crippen LogP contribution in [0.1, 0.15) is 131 Å². The van der Waals surface area contributed by atoms with Gasteiger partial charge in [-0.3, -0.25) is 0 Å². The molecule has 5 atom stereocenters. The van der Waals surface area contributed by atoms with Crippen molar-refractivity contribution in [2.75, 3.05) is 0 Å². The van der Waals surface area contributed by atoms with Gasteiger partial charge in [0.15, 0.2) is 0 Å². The van der Waals surface area contributed by atoms with E-state index in [1.807, 2.05) is 0 Å². The van der Waals surface area contributed by atoms with Crippen LogP contribution in [0.2, 0.25) is 0 Å². The van der Waals surface area contributed by atoms with Gasteiger partial charge < -0.3 is 0 Å². The number of fused-ring (bicyclic) bond motifs is 1. The summed E-state index contributed by atoms with van der Waals surface area (Å²) >= 11 is 0. The SMILES string of the molecule is CC1CCCCC1.CCCC1C(C)CC2CCCC2C1C1CCC(C(C)C)CC1. The van der Waals surface area contributed by atoms with Crippen LogP contribution in [-0.2, 0) is 0 Å². The van der Waals surface area contributed by atoms with Crippen molar-refractivity contribution in [1.29, 1.82) is 0 Å². The van der Waals surface area contributed by atoms with Gasteiger partial charge in [0.25, 0.3) is 0 Å². The van der Waals surface area contributed by atoms with Crippen LogP contribution in [0.4, 0.5) is 0 Å². The molecule has 0 radical (unpaired) electrons. The van der Waals surface area contributed by atoms with Crippen molar-refractivity contribution < 1.29 is 0 Å². The van der Waals surface area contributed by atoms with E-state index in [0.717, 1.165) is 53.3 Å². The molecule has 4 aliphatic carbocycles. The quantitative estimate of drug-likeness (QED) is 0.439. The topological polar surface area (TPSA) is 0 Å². The van der Waals surface area contributed by atoms with Crippen molar-refractivity contribution in [2.24, 2.45) is 53.3 Å². The van der Waals surface area contributed by atoms with E-state index in [-0.39, 0.29) is 0 Å². The van der Waals surface area contributed by atoms with E-state index in [1.54, 1.807) is 38.5 Å². The lowest BCUT2D eigenvalue weighted by atomic mass is 9.56. The van der Waals surface area contributed by atoms with Crippen molar-refractivity contribution in [3.63, 3.8) is 0 Å². The average molecular weight is 403 g/mol. The van der Waals surface area contributed by atoms with Gasteiger partial charge in [0.05, 0.1) is 0 Å². The number of hydrogen-bond acceptors (Lipinski definition) is 0. The zero-order valence-corrected chi connectivity index (χ0v) is 20.8. The van der Waals surface area contributed by atoms with Gasteiger partial charge in [-0.15, -0.1) is 0 Å². The molecule has 4 rings (SSSR count). The molecule has 170 valence electrons. The Balaban J connectivity index is 0.000000290. The van der Waals surface area contributed by atoms with E-state index in [4.69, 9.17) is 0 Å². The summed E-state index contributed by atoms with van der Waals surface area (Å²) in [6.07, 6.45) is 22.8. The molecule has 0 aromatic heterocycles. The summed E-state index contributed by atoms with van der Waals surface area (Å²) in [6, 6.07) is 0. The van der Waals surface area contributed by atoms with Crippen LogP contribution in [-0.4, -0.2) is 0 Å². The smallest absolute Gasteiger partial charge is 0.0324 e. The Morgan fingerprint density at radius 1 is 0.724 bits per heavy atom. The first-order chi connectivity index (χ1) is 14.0. The van der Waals surface area contributed by atoms with Gasteiger partial charge in [-0.25, -0.2) is 0 Å². The van der Waals surface area contributed by atoms with Crippen LogP contribution in [0.5, 0.6) is 0 Å². The van der Waals surface area contributed by atoms with Crippen LogP contribution < -0.4 is 0 Å². The highest BCUT2D eigenvalue weighted by Crippen LogP contribution is 2.56. The van der Waals surface area contributed by atoms with Crippen LogP contribution in [0.15, 0.2) is 0 Å². The van der Waals surface area contributed by atoms with Gasteiger partial charge in [-0.1, -0.05) is 92.4 Å². The van der Waals surface area contributed by atoms with Crippen molar-refractivity contribution in [3.8, 4) is 0 Å². The van der Waals surface area contributed by atoms with Gasteiger partial charge in [-0.2, -0.15) is 0 Å². The van der Waals surface area contributed by atoms with Gasteiger partial charge in [0, 0.05) is 0 Å². The molecule has 0 N–H and O–H groups in total. The number of hydrogen-bond donors (Lipinski definition) is 0. The molecule has 0 spiro atoms. The first-order valence-electron chi connectivity index (χ1n) is 14.0. The molecule has 5 unspecified atom stereocenters. The summed E-state index contributed by atoms with van der Waals surface area (Å²) in [5.74, 6) is 9.46. The van der Waals surface area contributed by atoms with Crippen LogP contribution in [0.3, 0.4) is 0 Å². The van der Waals surface area contributed by atoms with E-state index in [9.17, 15) is 0 Å². The minimum absolute atomic E-state index is 0.914. The van der Waals surface area contributed by atoms with Crippen LogP contribution >= 0.6 is 0 Å². The molecule has 0 aliphatic heterocycles. The lowest BCUT2D eigenvalue weighted by molar-refractivity contribution is -0.00426. The Labute approximate surface area is 184 Å². The van der Waals surface area contributed by atoms with Crippen molar-refractivity contribution in [3.05, 3.63) is 0 Å². The molecule has 0 aromatic carbocycles. The standard InChI is InChI=1S/C22H40.C7H14/c1-5-7-20-16(4)14-19-8-6-9-21(19)22(20)18-12-10-17(11-13-18)15(2)3;1-7-5-3-2-4-6-7/h15-22H,5-14H2,1-4H3;7H,2-6H2,1H3. The highest BCUT2D eigenvalue weighted by atomic mass is 14.5. The molecule has 0 nitrogen and oxygen atoms in total. The predicted molar refractivity (Wildman–Crippen MR) is 129 cm³/mol. The van der Waals surface area contributed by atoms with E-state index in [2.05, 4.69) is 34.6 Å². The first kappa shape index (κ1) is 23.7. The lowest BCUT2D eigenvalue weighted by Gasteiger charge is -2.49. The molecule has 0 heteroatoms. The molecule has 4 saturated carbocycles. The van der Waals surface area contributed by atoms with Gasteiger partial charge >= 0.3 is 0 Å². The third-order valence-electron chi connectivity index (χ3n) is 9.93. The van der Waals surface area contributed by atoms with Gasteiger partial charge in [0.2, 0.25) is 0 Å². The van der Waals surface area contributed by atoms with E-state index >= 15 is 0 Å². The maximum absolute atomic E-state index is 2.60. The summed E-state index contributed by atoms with van der Waals surface area (Å²) in [7, 11) is 0. The Morgan fingerprint density at radius 3 is 1.97 bits per heavy atom. The van der Waals surface area contributed by atoms with E-state index in [1.165, 1.54) is 57.8 Å². The van der Waals surface area contributed by atoms with Crippen molar-refractivity contribution in [2.45, 2.75) is 131 Å². The third kappa shape index (κ3) is 6.26.